The van der Waals surface area contributed by atoms with Gasteiger partial charge in [-0.15, -0.1) is 0 Å². The molecule has 1 N–H and O–H groups in total. The summed E-state index contributed by atoms with van der Waals surface area (Å²) in [5, 5.41) is 8.74. The monoisotopic (exact) mass is 447 g/mol. The van der Waals surface area contributed by atoms with Crippen molar-refractivity contribution in [3.8, 4) is 0 Å². The maximum atomic E-state index is 14.1. The van der Waals surface area contributed by atoms with Gasteiger partial charge in [0.15, 0.2) is 5.69 Å². The zero-order valence-electron chi connectivity index (χ0n) is 14.8. The average Bonchev–Trinajstić information content (AvgIpc) is 3.06. The molecule has 0 aliphatic carbocycles. The van der Waals surface area contributed by atoms with Crippen molar-refractivity contribution in [2.24, 2.45) is 0 Å². The number of fused-ring (bicyclic) bond motifs is 1. The quantitative estimate of drug-likeness (QED) is 0.391. The third-order valence-corrected chi connectivity index (χ3v) is 5.31. The van der Waals surface area contributed by atoms with Crippen molar-refractivity contribution >= 4 is 57.3 Å². The second-order valence-electron chi connectivity index (χ2n) is 6.31. The standard InChI is InChI=1S/C21H13Cl3FN3O/c22-13-9-8-12(16(24)10-13)11-28-18-7-2-1-4-14(18)19(27-28)21(29)26-20-15(23)5-3-6-17(20)25/h1-10H,11H2,(H,26,29). The highest BCUT2D eigenvalue weighted by molar-refractivity contribution is 6.35. The Morgan fingerprint density at radius 1 is 1.00 bits per heavy atom. The van der Waals surface area contributed by atoms with E-state index in [1.807, 2.05) is 12.1 Å². The molecule has 3 aromatic carbocycles. The Balaban J connectivity index is 1.73. The Hall–Kier alpha value is -2.60. The van der Waals surface area contributed by atoms with E-state index in [-0.39, 0.29) is 16.4 Å². The van der Waals surface area contributed by atoms with E-state index < -0.39 is 11.7 Å². The van der Waals surface area contributed by atoms with E-state index in [1.54, 1.807) is 35.0 Å². The van der Waals surface area contributed by atoms with Gasteiger partial charge in [0.25, 0.3) is 5.91 Å². The molecule has 0 radical (unpaired) electrons. The highest BCUT2D eigenvalue weighted by Crippen LogP contribution is 2.28. The zero-order valence-corrected chi connectivity index (χ0v) is 17.1. The molecule has 0 unspecified atom stereocenters. The van der Waals surface area contributed by atoms with Crippen LogP contribution in [0.4, 0.5) is 10.1 Å². The number of hydrogen-bond acceptors (Lipinski definition) is 2. The lowest BCUT2D eigenvalue weighted by Gasteiger charge is -2.07. The van der Waals surface area contributed by atoms with E-state index in [0.29, 0.717) is 22.0 Å². The molecule has 146 valence electrons. The molecular formula is C21H13Cl3FN3O. The first-order valence-corrected chi connectivity index (χ1v) is 9.72. The zero-order chi connectivity index (χ0) is 20.5. The number of aromatic nitrogens is 2. The van der Waals surface area contributed by atoms with Crippen molar-refractivity contribution in [2.45, 2.75) is 6.54 Å². The van der Waals surface area contributed by atoms with E-state index >= 15 is 0 Å². The third kappa shape index (κ3) is 3.94. The molecule has 1 aromatic heterocycles. The SMILES string of the molecule is O=C(Nc1c(F)cccc1Cl)c1nn(Cc2ccc(Cl)cc2Cl)c2ccccc12. The van der Waals surface area contributed by atoms with Crippen LogP contribution in [0.25, 0.3) is 10.9 Å². The largest absolute Gasteiger partial charge is 0.317 e. The molecule has 4 aromatic rings. The van der Waals surface area contributed by atoms with Crippen molar-refractivity contribution in [2.75, 3.05) is 5.32 Å². The van der Waals surface area contributed by atoms with Crippen LogP contribution in [0.1, 0.15) is 16.1 Å². The predicted octanol–water partition coefficient (Wildman–Crippen LogP) is 6.44. The van der Waals surface area contributed by atoms with Crippen molar-refractivity contribution in [3.05, 3.63) is 92.8 Å². The van der Waals surface area contributed by atoms with Crippen molar-refractivity contribution in [3.63, 3.8) is 0 Å². The maximum absolute atomic E-state index is 14.1. The van der Waals surface area contributed by atoms with Gasteiger partial charge < -0.3 is 5.32 Å². The molecule has 4 rings (SSSR count). The molecule has 1 heterocycles. The lowest BCUT2D eigenvalue weighted by molar-refractivity contribution is 0.102. The van der Waals surface area contributed by atoms with Crippen molar-refractivity contribution in [1.29, 1.82) is 0 Å². The summed E-state index contributed by atoms with van der Waals surface area (Å²) in [7, 11) is 0. The normalized spacial score (nSPS) is 11.0. The molecule has 4 nitrogen and oxygen atoms in total. The third-order valence-electron chi connectivity index (χ3n) is 4.41. The molecule has 29 heavy (non-hydrogen) atoms. The minimum atomic E-state index is -0.623. The van der Waals surface area contributed by atoms with Gasteiger partial charge in [0.1, 0.15) is 5.82 Å². The van der Waals surface area contributed by atoms with E-state index in [4.69, 9.17) is 34.8 Å². The lowest BCUT2D eigenvalue weighted by Crippen LogP contribution is -2.15. The average molecular weight is 449 g/mol. The van der Waals surface area contributed by atoms with E-state index in [2.05, 4.69) is 10.4 Å². The molecule has 0 saturated carbocycles. The first kappa shape index (κ1) is 19.7. The number of hydrogen-bond donors (Lipinski definition) is 1. The van der Waals surface area contributed by atoms with Crippen LogP contribution < -0.4 is 5.32 Å². The minimum Gasteiger partial charge on any atom is -0.317 e. The van der Waals surface area contributed by atoms with Gasteiger partial charge in [-0.1, -0.05) is 65.1 Å². The van der Waals surface area contributed by atoms with Crippen LogP contribution in [0, 0.1) is 5.82 Å². The first-order chi connectivity index (χ1) is 13.9. The van der Waals surface area contributed by atoms with Gasteiger partial charge in [-0.2, -0.15) is 5.10 Å². The highest BCUT2D eigenvalue weighted by Gasteiger charge is 2.20. The Morgan fingerprint density at radius 2 is 1.79 bits per heavy atom. The number of carbonyl (C=O) groups excluding carboxylic acids is 1. The van der Waals surface area contributed by atoms with Crippen LogP contribution in [0.15, 0.2) is 60.7 Å². The first-order valence-electron chi connectivity index (χ1n) is 8.59. The molecular weight excluding hydrogens is 436 g/mol. The molecule has 8 heteroatoms. The van der Waals surface area contributed by atoms with Crippen LogP contribution >= 0.6 is 34.8 Å². The maximum Gasteiger partial charge on any atom is 0.276 e. The van der Waals surface area contributed by atoms with Crippen LogP contribution in [0.3, 0.4) is 0 Å². The number of halogens is 4. The van der Waals surface area contributed by atoms with Gasteiger partial charge in [0.2, 0.25) is 0 Å². The topological polar surface area (TPSA) is 46.9 Å². The highest BCUT2D eigenvalue weighted by atomic mass is 35.5. The number of benzene rings is 3. The van der Waals surface area contributed by atoms with Gasteiger partial charge >= 0.3 is 0 Å². The molecule has 1 amide bonds. The molecule has 0 fully saturated rings. The smallest absolute Gasteiger partial charge is 0.276 e. The number of nitrogens with one attached hydrogen (secondary N) is 1. The molecule has 0 aliphatic rings. The van der Waals surface area contributed by atoms with Crippen LogP contribution in [0.5, 0.6) is 0 Å². The predicted molar refractivity (Wildman–Crippen MR) is 115 cm³/mol. The van der Waals surface area contributed by atoms with Crippen molar-refractivity contribution in [1.82, 2.24) is 9.78 Å². The number of para-hydroxylation sites is 2. The molecule has 0 spiro atoms. The fraction of sp³-hybridized carbons (Fsp3) is 0.0476. The molecule has 0 bridgehead atoms. The van der Waals surface area contributed by atoms with E-state index in [1.165, 1.54) is 18.2 Å². The fourth-order valence-corrected chi connectivity index (χ4v) is 3.70. The van der Waals surface area contributed by atoms with Gasteiger partial charge in [0.05, 0.1) is 22.8 Å². The number of nitrogens with zero attached hydrogens (tertiary/aromatic N) is 2. The van der Waals surface area contributed by atoms with Gasteiger partial charge in [-0.3, -0.25) is 9.48 Å². The number of amides is 1. The Labute approximate surface area is 180 Å². The Kier molecular flexibility index (Phi) is 5.46. The summed E-state index contributed by atoms with van der Waals surface area (Å²) in [6.45, 7) is 0.338. The summed E-state index contributed by atoms with van der Waals surface area (Å²) in [5.74, 6) is -1.18. The van der Waals surface area contributed by atoms with Gasteiger partial charge in [-0.05, 0) is 35.9 Å². The van der Waals surface area contributed by atoms with E-state index in [0.717, 1.165) is 11.1 Å². The number of anilines is 1. The fourth-order valence-electron chi connectivity index (χ4n) is 3.02. The number of carbonyl (C=O) groups is 1. The summed E-state index contributed by atoms with van der Waals surface area (Å²) in [6.07, 6.45) is 0. The summed E-state index contributed by atoms with van der Waals surface area (Å²) in [6, 6.07) is 16.7. The molecule has 0 atom stereocenters. The van der Waals surface area contributed by atoms with Gasteiger partial charge in [-0.25, -0.2) is 4.39 Å². The summed E-state index contributed by atoms with van der Waals surface area (Å²) in [4.78, 5) is 12.9. The summed E-state index contributed by atoms with van der Waals surface area (Å²) in [5.41, 5.74) is 1.61. The Bertz CT molecular complexity index is 1220. The van der Waals surface area contributed by atoms with Crippen LogP contribution in [-0.2, 0) is 6.54 Å². The molecule has 0 aliphatic heterocycles. The minimum absolute atomic E-state index is 0.0847. The molecule has 0 saturated heterocycles. The summed E-state index contributed by atoms with van der Waals surface area (Å²) >= 11 is 18.3. The van der Waals surface area contributed by atoms with E-state index in [9.17, 15) is 9.18 Å². The van der Waals surface area contributed by atoms with Crippen LogP contribution in [-0.4, -0.2) is 15.7 Å². The Morgan fingerprint density at radius 3 is 2.55 bits per heavy atom. The lowest BCUT2D eigenvalue weighted by atomic mass is 10.2. The van der Waals surface area contributed by atoms with Gasteiger partial charge in [0, 0.05) is 15.4 Å². The van der Waals surface area contributed by atoms with Crippen LogP contribution in [0.2, 0.25) is 15.1 Å². The second kappa shape index (κ2) is 8.03. The second-order valence-corrected chi connectivity index (χ2v) is 7.56. The number of rotatable bonds is 4. The summed E-state index contributed by atoms with van der Waals surface area (Å²) < 4.78 is 15.7. The van der Waals surface area contributed by atoms with Crippen molar-refractivity contribution < 1.29 is 9.18 Å².